The van der Waals surface area contributed by atoms with Gasteiger partial charge in [0.25, 0.3) is 0 Å². The zero-order chi connectivity index (χ0) is 13.5. The topological polar surface area (TPSA) is 54.5 Å². The van der Waals surface area contributed by atoms with Crippen molar-refractivity contribution in [3.8, 4) is 0 Å². The Morgan fingerprint density at radius 2 is 2.00 bits per heavy atom. The number of carbonyl (C=O) groups is 1. The van der Waals surface area contributed by atoms with Gasteiger partial charge in [0.15, 0.2) is 9.84 Å². The van der Waals surface area contributed by atoms with Crippen molar-refractivity contribution in [1.82, 2.24) is 4.90 Å². The summed E-state index contributed by atoms with van der Waals surface area (Å²) < 4.78 is 23.5. The fraction of sp³-hybridized carbons (Fsp3) is 0.750. The second kappa shape index (κ2) is 7.48. The SMILES string of the molecule is C=CCS(=O)(=O)C(C)C(=O)N(CC)CCCC. The first kappa shape index (κ1) is 16.2. The molecule has 100 valence electrons. The lowest BCUT2D eigenvalue weighted by atomic mass is 10.3. The minimum absolute atomic E-state index is 0.148. The molecule has 0 aliphatic heterocycles. The third-order valence-corrected chi connectivity index (χ3v) is 4.69. The second-order valence-electron chi connectivity index (χ2n) is 4.03. The van der Waals surface area contributed by atoms with E-state index in [9.17, 15) is 13.2 Å². The predicted octanol–water partition coefficient (Wildman–Crippen LogP) is 1.62. The molecule has 1 unspecified atom stereocenters. The van der Waals surface area contributed by atoms with Gasteiger partial charge < -0.3 is 4.90 Å². The van der Waals surface area contributed by atoms with Crippen molar-refractivity contribution in [2.45, 2.75) is 38.9 Å². The molecule has 1 amide bonds. The van der Waals surface area contributed by atoms with Crippen molar-refractivity contribution >= 4 is 15.7 Å². The highest BCUT2D eigenvalue weighted by atomic mass is 32.2. The van der Waals surface area contributed by atoms with Gasteiger partial charge in [-0.15, -0.1) is 6.58 Å². The summed E-state index contributed by atoms with van der Waals surface area (Å²) in [5.41, 5.74) is 0. The Kier molecular flexibility index (Phi) is 7.11. The largest absolute Gasteiger partial charge is 0.342 e. The number of sulfone groups is 1. The van der Waals surface area contributed by atoms with Crippen LogP contribution in [0.2, 0.25) is 0 Å². The number of rotatable bonds is 8. The highest BCUT2D eigenvalue weighted by Gasteiger charge is 2.29. The molecule has 0 bridgehead atoms. The van der Waals surface area contributed by atoms with Gasteiger partial charge >= 0.3 is 0 Å². The first-order chi connectivity index (χ1) is 7.90. The Labute approximate surface area is 105 Å². The molecule has 0 heterocycles. The van der Waals surface area contributed by atoms with Crippen LogP contribution >= 0.6 is 0 Å². The van der Waals surface area contributed by atoms with Crippen LogP contribution in [-0.4, -0.2) is 43.3 Å². The lowest BCUT2D eigenvalue weighted by Crippen LogP contribution is -2.42. The van der Waals surface area contributed by atoms with Crippen molar-refractivity contribution in [3.63, 3.8) is 0 Å². The Bertz CT molecular complexity index is 349. The summed E-state index contributed by atoms with van der Waals surface area (Å²) in [5.74, 6) is -0.451. The van der Waals surface area contributed by atoms with Crippen molar-refractivity contribution in [3.05, 3.63) is 12.7 Å². The van der Waals surface area contributed by atoms with E-state index in [0.717, 1.165) is 12.8 Å². The molecule has 0 aromatic rings. The van der Waals surface area contributed by atoms with Crippen LogP contribution < -0.4 is 0 Å². The van der Waals surface area contributed by atoms with Crippen LogP contribution in [-0.2, 0) is 14.6 Å². The fourth-order valence-corrected chi connectivity index (χ4v) is 2.57. The number of nitrogens with zero attached hydrogens (tertiary/aromatic N) is 1. The van der Waals surface area contributed by atoms with Crippen LogP contribution in [0.15, 0.2) is 12.7 Å². The average Bonchev–Trinajstić information content (AvgIpc) is 2.28. The summed E-state index contributed by atoms with van der Waals surface area (Å²) in [6, 6.07) is 0. The Morgan fingerprint density at radius 3 is 2.41 bits per heavy atom. The third kappa shape index (κ3) is 4.89. The molecular formula is C12H23NO3S. The third-order valence-electron chi connectivity index (χ3n) is 2.71. The maximum Gasteiger partial charge on any atom is 0.240 e. The van der Waals surface area contributed by atoms with Crippen LogP contribution in [0.1, 0.15) is 33.6 Å². The summed E-state index contributed by atoms with van der Waals surface area (Å²) in [5, 5.41) is -0.975. The summed E-state index contributed by atoms with van der Waals surface area (Å²) >= 11 is 0. The standard InChI is InChI=1S/C12H23NO3S/c1-5-8-9-13(7-3)12(14)11(4)17(15,16)10-6-2/h6,11H,2,5,7-10H2,1,3-4H3. The van der Waals surface area contributed by atoms with Gasteiger partial charge in [0.1, 0.15) is 5.25 Å². The average molecular weight is 261 g/mol. The molecular weight excluding hydrogens is 238 g/mol. The lowest BCUT2D eigenvalue weighted by molar-refractivity contribution is -0.130. The molecule has 1 atom stereocenters. The molecule has 17 heavy (non-hydrogen) atoms. The number of unbranched alkanes of at least 4 members (excludes halogenated alkanes) is 1. The van der Waals surface area contributed by atoms with Crippen LogP contribution in [0.5, 0.6) is 0 Å². The molecule has 0 fully saturated rings. The fourth-order valence-electron chi connectivity index (χ4n) is 1.49. The van der Waals surface area contributed by atoms with Crippen molar-refractivity contribution < 1.29 is 13.2 Å². The van der Waals surface area contributed by atoms with Gasteiger partial charge in [-0.25, -0.2) is 8.42 Å². The van der Waals surface area contributed by atoms with E-state index in [2.05, 4.69) is 6.58 Å². The maximum atomic E-state index is 12.0. The molecule has 4 nitrogen and oxygen atoms in total. The highest BCUT2D eigenvalue weighted by Crippen LogP contribution is 2.08. The van der Waals surface area contributed by atoms with Crippen LogP contribution in [0.4, 0.5) is 0 Å². The quantitative estimate of drug-likeness (QED) is 0.624. The maximum absolute atomic E-state index is 12.0. The van der Waals surface area contributed by atoms with Crippen molar-refractivity contribution in [2.24, 2.45) is 0 Å². The monoisotopic (exact) mass is 261 g/mol. The van der Waals surface area contributed by atoms with Gasteiger partial charge in [-0.3, -0.25) is 4.79 Å². The Balaban J connectivity index is 4.71. The van der Waals surface area contributed by atoms with Gasteiger partial charge in [0.05, 0.1) is 5.75 Å². The summed E-state index contributed by atoms with van der Waals surface area (Å²) in [4.78, 5) is 13.6. The van der Waals surface area contributed by atoms with E-state index in [1.54, 1.807) is 4.90 Å². The number of amides is 1. The van der Waals surface area contributed by atoms with E-state index in [4.69, 9.17) is 0 Å². The zero-order valence-corrected chi connectivity index (χ0v) is 11.8. The highest BCUT2D eigenvalue weighted by molar-refractivity contribution is 7.92. The minimum atomic E-state index is -3.40. The van der Waals surface area contributed by atoms with Gasteiger partial charge in [-0.1, -0.05) is 19.4 Å². The molecule has 0 saturated carbocycles. The molecule has 0 spiro atoms. The van der Waals surface area contributed by atoms with E-state index in [-0.39, 0.29) is 11.7 Å². The first-order valence-corrected chi connectivity index (χ1v) is 7.73. The lowest BCUT2D eigenvalue weighted by Gasteiger charge is -2.24. The number of hydrogen-bond donors (Lipinski definition) is 0. The Morgan fingerprint density at radius 1 is 1.41 bits per heavy atom. The molecule has 0 rings (SSSR count). The van der Waals surface area contributed by atoms with E-state index in [1.807, 2.05) is 13.8 Å². The smallest absolute Gasteiger partial charge is 0.240 e. The zero-order valence-electron chi connectivity index (χ0n) is 11.0. The van der Waals surface area contributed by atoms with Crippen LogP contribution in [0.25, 0.3) is 0 Å². The first-order valence-electron chi connectivity index (χ1n) is 6.01. The van der Waals surface area contributed by atoms with E-state index >= 15 is 0 Å². The molecule has 0 saturated heterocycles. The van der Waals surface area contributed by atoms with E-state index in [0.29, 0.717) is 13.1 Å². The summed E-state index contributed by atoms with van der Waals surface area (Å²) in [6.07, 6.45) is 3.20. The molecule has 0 aliphatic carbocycles. The van der Waals surface area contributed by atoms with E-state index in [1.165, 1.54) is 13.0 Å². The Hall–Kier alpha value is -0.840. The van der Waals surface area contributed by atoms with Crippen molar-refractivity contribution in [1.29, 1.82) is 0 Å². The van der Waals surface area contributed by atoms with E-state index < -0.39 is 15.1 Å². The number of carbonyl (C=O) groups excluding carboxylic acids is 1. The second-order valence-corrected chi connectivity index (χ2v) is 6.40. The predicted molar refractivity (Wildman–Crippen MR) is 70.6 cm³/mol. The van der Waals surface area contributed by atoms with Crippen molar-refractivity contribution in [2.75, 3.05) is 18.8 Å². The molecule has 0 aromatic carbocycles. The van der Waals surface area contributed by atoms with Gasteiger partial charge in [0, 0.05) is 13.1 Å². The normalized spacial score (nSPS) is 13.1. The molecule has 0 N–H and O–H groups in total. The summed E-state index contributed by atoms with van der Waals surface area (Å²) in [6.45, 7) is 9.92. The minimum Gasteiger partial charge on any atom is -0.342 e. The van der Waals surface area contributed by atoms with Gasteiger partial charge in [-0.05, 0) is 20.3 Å². The molecule has 0 radical (unpaired) electrons. The van der Waals surface area contributed by atoms with Crippen LogP contribution in [0, 0.1) is 0 Å². The van der Waals surface area contributed by atoms with Crippen LogP contribution in [0.3, 0.4) is 0 Å². The summed E-state index contributed by atoms with van der Waals surface area (Å²) in [7, 11) is -3.40. The number of hydrogen-bond acceptors (Lipinski definition) is 3. The van der Waals surface area contributed by atoms with Gasteiger partial charge in [-0.2, -0.15) is 0 Å². The molecule has 0 aliphatic rings. The molecule has 0 aromatic heterocycles. The molecule has 5 heteroatoms. The van der Waals surface area contributed by atoms with Gasteiger partial charge in [0.2, 0.25) is 5.91 Å².